The van der Waals surface area contributed by atoms with Crippen LogP contribution in [-0.2, 0) is 21.2 Å². The number of furan rings is 1. The fraction of sp³-hybridized carbons (Fsp3) is 0.312. The van der Waals surface area contributed by atoms with Crippen LogP contribution in [0.3, 0.4) is 0 Å². The molecule has 2 aromatic rings. The molecule has 1 aliphatic heterocycles. The molecule has 0 saturated carbocycles. The Morgan fingerprint density at radius 2 is 2.16 bits per heavy atom. The van der Waals surface area contributed by atoms with Crippen molar-refractivity contribution in [2.24, 2.45) is 0 Å². The van der Waals surface area contributed by atoms with Gasteiger partial charge in [0.2, 0.25) is 5.09 Å². The van der Waals surface area contributed by atoms with E-state index in [2.05, 4.69) is 14.8 Å². The summed E-state index contributed by atoms with van der Waals surface area (Å²) in [7, 11) is -2.63. The van der Waals surface area contributed by atoms with Crippen LogP contribution >= 0.6 is 12.4 Å². The summed E-state index contributed by atoms with van der Waals surface area (Å²) >= 11 is 0. The summed E-state index contributed by atoms with van der Waals surface area (Å²) in [4.78, 5) is 11.4. The number of sulfonamides is 1. The molecule has 0 bridgehead atoms. The lowest BCUT2D eigenvalue weighted by atomic mass is 9.95. The third-order valence-corrected chi connectivity index (χ3v) is 5.24. The van der Waals surface area contributed by atoms with Crippen LogP contribution in [0.25, 0.3) is 0 Å². The van der Waals surface area contributed by atoms with Crippen molar-refractivity contribution >= 4 is 28.4 Å². The molecule has 1 aliphatic rings. The van der Waals surface area contributed by atoms with Gasteiger partial charge in [0.15, 0.2) is 0 Å². The van der Waals surface area contributed by atoms with Crippen LogP contribution in [-0.4, -0.2) is 34.6 Å². The number of hydrogen-bond acceptors (Lipinski definition) is 6. The molecule has 9 heteroatoms. The number of rotatable bonds is 5. The molecule has 25 heavy (non-hydrogen) atoms. The molecule has 136 valence electrons. The minimum atomic E-state index is -3.85. The monoisotopic (exact) mass is 386 g/mol. The number of fused-ring (bicyclic) bond motifs is 1. The van der Waals surface area contributed by atoms with Gasteiger partial charge in [-0.15, -0.1) is 12.4 Å². The van der Waals surface area contributed by atoms with Crippen LogP contribution < -0.4 is 10.0 Å². The van der Waals surface area contributed by atoms with Gasteiger partial charge in [-0.05, 0) is 24.1 Å². The molecule has 7 nitrogen and oxygen atoms in total. The number of methoxy groups -OCH3 is 1. The summed E-state index contributed by atoms with van der Waals surface area (Å²) in [5, 5.41) is 2.99. The molecule has 3 rings (SSSR count). The van der Waals surface area contributed by atoms with Crippen molar-refractivity contribution < 1.29 is 22.4 Å². The van der Waals surface area contributed by atoms with Crippen molar-refractivity contribution in [3.63, 3.8) is 0 Å². The van der Waals surface area contributed by atoms with Gasteiger partial charge in [-0.2, -0.15) is 0 Å². The molecule has 0 saturated heterocycles. The summed E-state index contributed by atoms with van der Waals surface area (Å²) < 4.78 is 36.7. The summed E-state index contributed by atoms with van der Waals surface area (Å²) in [5.41, 5.74) is 2.35. The quantitative estimate of drug-likeness (QED) is 0.758. The number of nitrogens with one attached hydrogen (secondary N) is 2. The summed E-state index contributed by atoms with van der Waals surface area (Å²) in [5.74, 6) is -0.650. The van der Waals surface area contributed by atoms with Gasteiger partial charge in [-0.25, -0.2) is 17.9 Å². The van der Waals surface area contributed by atoms with Crippen LogP contribution in [0.2, 0.25) is 0 Å². The predicted octanol–water partition coefficient (Wildman–Crippen LogP) is 1.65. The third kappa shape index (κ3) is 4.21. The van der Waals surface area contributed by atoms with Crippen LogP contribution in [0.4, 0.5) is 0 Å². The second-order valence-electron chi connectivity index (χ2n) is 5.45. The first-order chi connectivity index (χ1) is 11.5. The van der Waals surface area contributed by atoms with Crippen molar-refractivity contribution in [1.82, 2.24) is 10.0 Å². The maximum atomic E-state index is 12.3. The van der Waals surface area contributed by atoms with Crippen molar-refractivity contribution in [2.75, 3.05) is 20.2 Å². The smallest absolute Gasteiger partial charge is 0.341 e. The lowest BCUT2D eigenvalue weighted by molar-refractivity contribution is 0.0600. The largest absolute Gasteiger partial charge is 0.465 e. The Hall–Kier alpha value is -1.87. The normalized spacial score (nSPS) is 16.6. The van der Waals surface area contributed by atoms with Gasteiger partial charge >= 0.3 is 5.97 Å². The number of carbonyl (C=O) groups excluding carboxylic acids is 1. The molecule has 1 aromatic carbocycles. The van der Waals surface area contributed by atoms with E-state index in [1.54, 1.807) is 0 Å². The fourth-order valence-electron chi connectivity index (χ4n) is 2.72. The first-order valence-corrected chi connectivity index (χ1v) is 8.97. The van der Waals surface area contributed by atoms with Gasteiger partial charge in [-0.3, -0.25) is 0 Å². The van der Waals surface area contributed by atoms with Crippen molar-refractivity contribution in [3.8, 4) is 0 Å². The van der Waals surface area contributed by atoms with Crippen molar-refractivity contribution in [1.29, 1.82) is 0 Å². The topological polar surface area (TPSA) is 97.6 Å². The molecule has 1 unspecified atom stereocenters. The lowest BCUT2D eigenvalue weighted by Gasteiger charge is -2.26. The van der Waals surface area contributed by atoms with Crippen LogP contribution in [0.1, 0.15) is 27.5 Å². The molecule has 1 aromatic heterocycles. The third-order valence-electron chi connectivity index (χ3n) is 3.95. The van der Waals surface area contributed by atoms with Gasteiger partial charge in [0.05, 0.1) is 12.7 Å². The van der Waals surface area contributed by atoms with Gasteiger partial charge in [0, 0.05) is 18.7 Å². The van der Waals surface area contributed by atoms with Crippen LogP contribution in [0, 0.1) is 0 Å². The Kier molecular flexibility index (Phi) is 6.23. The Labute approximate surface area is 152 Å². The van der Waals surface area contributed by atoms with E-state index in [1.807, 2.05) is 24.3 Å². The molecule has 0 spiro atoms. The predicted molar refractivity (Wildman–Crippen MR) is 93.4 cm³/mol. The minimum Gasteiger partial charge on any atom is -0.465 e. The highest BCUT2D eigenvalue weighted by molar-refractivity contribution is 7.89. The number of carbonyl (C=O) groups is 1. The SMILES string of the molecule is COC(=O)c1coc(S(=O)(=O)NCC2NCCc3ccccc32)c1.Cl. The molecule has 0 radical (unpaired) electrons. The molecule has 2 N–H and O–H groups in total. The van der Waals surface area contributed by atoms with E-state index < -0.39 is 16.0 Å². The fourth-order valence-corrected chi connectivity index (χ4v) is 3.71. The first kappa shape index (κ1) is 19.5. The van der Waals surface area contributed by atoms with Crippen molar-refractivity contribution in [3.05, 3.63) is 53.3 Å². The number of esters is 1. The molecule has 0 amide bonds. The second-order valence-corrected chi connectivity index (χ2v) is 7.15. The Morgan fingerprint density at radius 1 is 1.40 bits per heavy atom. The zero-order valence-electron chi connectivity index (χ0n) is 13.5. The number of halogens is 1. The molecule has 0 fully saturated rings. The number of hydrogen-bond donors (Lipinski definition) is 2. The molecule has 0 aliphatic carbocycles. The Morgan fingerprint density at radius 3 is 2.92 bits per heavy atom. The van der Waals surface area contributed by atoms with Gasteiger partial charge < -0.3 is 14.5 Å². The molecular formula is C16H19ClN2O5S. The summed E-state index contributed by atoms with van der Waals surface area (Å²) in [6.07, 6.45) is 1.98. The maximum absolute atomic E-state index is 12.3. The standard InChI is InChI=1S/C16H18N2O5S.ClH/c1-22-16(19)12-8-15(23-10-12)24(20,21)18-9-14-13-5-3-2-4-11(13)6-7-17-14;/h2-5,8,10,14,17-18H,6-7,9H2,1H3;1H. The van der Waals surface area contributed by atoms with Gasteiger partial charge in [-0.1, -0.05) is 24.3 Å². The zero-order valence-corrected chi connectivity index (χ0v) is 15.2. The molecule has 1 atom stereocenters. The highest BCUT2D eigenvalue weighted by Crippen LogP contribution is 2.22. The Balaban J connectivity index is 0.00000225. The number of ether oxygens (including phenoxy) is 1. The van der Waals surface area contributed by atoms with E-state index in [4.69, 9.17) is 4.42 Å². The van der Waals surface area contributed by atoms with Gasteiger partial charge in [0.1, 0.15) is 6.26 Å². The molecule has 2 heterocycles. The van der Waals surface area contributed by atoms with E-state index in [-0.39, 0.29) is 35.6 Å². The second kappa shape index (κ2) is 8.01. The van der Waals surface area contributed by atoms with Gasteiger partial charge in [0.25, 0.3) is 10.0 Å². The first-order valence-electron chi connectivity index (χ1n) is 7.49. The minimum absolute atomic E-state index is 0. The average molecular weight is 387 g/mol. The van der Waals surface area contributed by atoms with E-state index >= 15 is 0 Å². The maximum Gasteiger partial charge on any atom is 0.341 e. The van der Waals surface area contributed by atoms with E-state index in [0.29, 0.717) is 0 Å². The summed E-state index contributed by atoms with van der Waals surface area (Å²) in [6, 6.07) is 8.98. The van der Waals surface area contributed by atoms with E-state index in [1.165, 1.54) is 12.7 Å². The van der Waals surface area contributed by atoms with E-state index in [0.717, 1.165) is 30.9 Å². The van der Waals surface area contributed by atoms with Crippen LogP contribution in [0.5, 0.6) is 0 Å². The van der Waals surface area contributed by atoms with E-state index in [9.17, 15) is 13.2 Å². The summed E-state index contributed by atoms with van der Waals surface area (Å²) in [6.45, 7) is 0.976. The van der Waals surface area contributed by atoms with Crippen LogP contribution in [0.15, 0.2) is 46.1 Å². The highest BCUT2D eigenvalue weighted by Gasteiger charge is 2.25. The average Bonchev–Trinajstić information content (AvgIpc) is 3.10. The number of benzene rings is 1. The lowest BCUT2D eigenvalue weighted by Crippen LogP contribution is -2.38. The van der Waals surface area contributed by atoms with Crippen molar-refractivity contribution in [2.45, 2.75) is 17.6 Å². The zero-order chi connectivity index (χ0) is 17.2. The Bertz CT molecular complexity index is 850. The molecular weight excluding hydrogens is 368 g/mol. The highest BCUT2D eigenvalue weighted by atomic mass is 35.5.